The minimum atomic E-state index is -0.854. The van der Waals surface area contributed by atoms with Crippen molar-refractivity contribution in [2.24, 2.45) is 7.05 Å². The van der Waals surface area contributed by atoms with Crippen LogP contribution in [0.5, 0.6) is 0 Å². The van der Waals surface area contributed by atoms with Gasteiger partial charge in [0, 0.05) is 13.5 Å². The van der Waals surface area contributed by atoms with E-state index in [0.717, 1.165) is 11.1 Å². The molecule has 1 aromatic carbocycles. The molecule has 2 aromatic rings. The number of carboxylic acid groups (broad SMARTS) is 1. The summed E-state index contributed by atoms with van der Waals surface area (Å²) in [5.74, 6) is -0.854. The van der Waals surface area contributed by atoms with Gasteiger partial charge in [0.25, 0.3) is 0 Å². The molecule has 2 rings (SSSR count). The summed E-state index contributed by atoms with van der Waals surface area (Å²) in [6, 6.07) is 3.83. The molecule has 6 heteroatoms. The number of fused-ring (bicyclic) bond motifs is 1. The topological polar surface area (TPSA) is 91.8 Å². The van der Waals surface area contributed by atoms with Gasteiger partial charge >= 0.3 is 5.97 Å². The minimum Gasteiger partial charge on any atom is -0.481 e. The number of carbonyl (C=O) groups is 1. The standard InChI is InChI=1S/C12H12N4O2/c1-7-8(3-4-10(17)18)5-9(6-13)12-11(7)14-15-16(12)2/h5H,3-4H2,1-2H3,(H,17,18). The van der Waals surface area contributed by atoms with Crippen molar-refractivity contribution in [1.29, 1.82) is 5.26 Å². The first-order chi connectivity index (χ1) is 8.54. The highest BCUT2D eigenvalue weighted by molar-refractivity contribution is 5.85. The number of aliphatic carboxylic acids is 1. The van der Waals surface area contributed by atoms with Crippen molar-refractivity contribution in [3.8, 4) is 6.07 Å². The Labute approximate surface area is 103 Å². The first-order valence-electron chi connectivity index (χ1n) is 5.48. The molecule has 0 aliphatic heterocycles. The molecular weight excluding hydrogens is 232 g/mol. The Bertz CT molecular complexity index is 667. The van der Waals surface area contributed by atoms with Gasteiger partial charge in [-0.25, -0.2) is 4.68 Å². The first kappa shape index (κ1) is 12.0. The van der Waals surface area contributed by atoms with Crippen molar-refractivity contribution in [3.63, 3.8) is 0 Å². The van der Waals surface area contributed by atoms with E-state index in [2.05, 4.69) is 16.4 Å². The zero-order valence-electron chi connectivity index (χ0n) is 10.1. The molecule has 92 valence electrons. The molecule has 0 saturated heterocycles. The average Bonchev–Trinajstić information content (AvgIpc) is 2.71. The number of benzene rings is 1. The lowest BCUT2D eigenvalue weighted by molar-refractivity contribution is -0.136. The third kappa shape index (κ3) is 1.91. The maximum atomic E-state index is 10.6. The number of rotatable bonds is 3. The lowest BCUT2D eigenvalue weighted by Crippen LogP contribution is -2.01. The van der Waals surface area contributed by atoms with Crippen LogP contribution >= 0.6 is 0 Å². The number of hydrogen-bond donors (Lipinski definition) is 1. The van der Waals surface area contributed by atoms with E-state index >= 15 is 0 Å². The monoisotopic (exact) mass is 244 g/mol. The Kier molecular flexibility index (Phi) is 2.98. The van der Waals surface area contributed by atoms with E-state index in [4.69, 9.17) is 10.4 Å². The fraction of sp³-hybridized carbons (Fsp3) is 0.333. The van der Waals surface area contributed by atoms with Crippen LogP contribution in [0.1, 0.15) is 23.1 Å². The van der Waals surface area contributed by atoms with Gasteiger partial charge in [0.1, 0.15) is 17.1 Å². The smallest absolute Gasteiger partial charge is 0.303 e. The van der Waals surface area contributed by atoms with Crippen LogP contribution < -0.4 is 0 Å². The number of hydrogen-bond acceptors (Lipinski definition) is 4. The lowest BCUT2D eigenvalue weighted by atomic mass is 9.99. The van der Waals surface area contributed by atoms with E-state index in [-0.39, 0.29) is 6.42 Å². The molecule has 18 heavy (non-hydrogen) atoms. The van der Waals surface area contributed by atoms with E-state index in [1.54, 1.807) is 17.8 Å². The predicted octanol–water partition coefficient (Wildman–Crippen LogP) is 1.17. The van der Waals surface area contributed by atoms with E-state index in [0.29, 0.717) is 23.0 Å². The molecule has 0 saturated carbocycles. The maximum absolute atomic E-state index is 10.6. The van der Waals surface area contributed by atoms with Crippen molar-refractivity contribution >= 4 is 17.0 Å². The van der Waals surface area contributed by atoms with Crippen LogP contribution in [0.4, 0.5) is 0 Å². The SMILES string of the molecule is Cc1c(CCC(=O)O)cc(C#N)c2c1nnn2C. The van der Waals surface area contributed by atoms with Crippen molar-refractivity contribution in [2.75, 3.05) is 0 Å². The van der Waals surface area contributed by atoms with Crippen LogP contribution in [-0.2, 0) is 18.3 Å². The highest BCUT2D eigenvalue weighted by Gasteiger charge is 2.14. The molecule has 0 radical (unpaired) electrons. The molecule has 0 atom stereocenters. The van der Waals surface area contributed by atoms with Crippen LogP contribution in [0.2, 0.25) is 0 Å². The van der Waals surface area contributed by atoms with Gasteiger partial charge in [-0.1, -0.05) is 5.21 Å². The van der Waals surface area contributed by atoms with E-state index in [1.165, 1.54) is 0 Å². The van der Waals surface area contributed by atoms with E-state index in [1.807, 2.05) is 6.92 Å². The summed E-state index contributed by atoms with van der Waals surface area (Å²) in [6.07, 6.45) is 0.430. The Morgan fingerprint density at radius 1 is 1.61 bits per heavy atom. The summed E-state index contributed by atoms with van der Waals surface area (Å²) >= 11 is 0. The Hall–Kier alpha value is -2.42. The molecule has 1 N–H and O–H groups in total. The highest BCUT2D eigenvalue weighted by Crippen LogP contribution is 2.24. The summed E-state index contributed by atoms with van der Waals surface area (Å²) < 4.78 is 1.56. The lowest BCUT2D eigenvalue weighted by Gasteiger charge is -2.06. The summed E-state index contributed by atoms with van der Waals surface area (Å²) in [5, 5.41) is 25.8. The number of carboxylic acids is 1. The van der Waals surface area contributed by atoms with Crippen LogP contribution in [0.25, 0.3) is 11.0 Å². The molecular formula is C12H12N4O2. The molecule has 0 amide bonds. The van der Waals surface area contributed by atoms with Gasteiger partial charge in [-0.3, -0.25) is 4.79 Å². The summed E-state index contributed by atoms with van der Waals surface area (Å²) in [5.41, 5.74) is 3.55. The summed E-state index contributed by atoms with van der Waals surface area (Å²) in [7, 11) is 1.73. The minimum absolute atomic E-state index is 0.0392. The number of nitriles is 1. The van der Waals surface area contributed by atoms with Crippen molar-refractivity contribution in [2.45, 2.75) is 19.8 Å². The van der Waals surface area contributed by atoms with Gasteiger partial charge in [-0.2, -0.15) is 5.26 Å². The number of aromatic nitrogens is 3. The zero-order chi connectivity index (χ0) is 13.3. The third-order valence-corrected chi connectivity index (χ3v) is 2.97. The second-order valence-corrected chi connectivity index (χ2v) is 4.12. The molecule has 0 fully saturated rings. The molecule has 0 unspecified atom stereocenters. The molecule has 0 aliphatic rings. The van der Waals surface area contributed by atoms with Crippen molar-refractivity contribution in [1.82, 2.24) is 15.0 Å². The molecule has 1 heterocycles. The van der Waals surface area contributed by atoms with Crippen LogP contribution in [0, 0.1) is 18.3 Å². The van der Waals surface area contributed by atoms with Crippen LogP contribution in [-0.4, -0.2) is 26.1 Å². The van der Waals surface area contributed by atoms with E-state index < -0.39 is 5.97 Å². The fourth-order valence-electron chi connectivity index (χ4n) is 2.00. The zero-order valence-corrected chi connectivity index (χ0v) is 10.1. The number of aryl methyl sites for hydroxylation is 3. The molecule has 0 aliphatic carbocycles. The van der Waals surface area contributed by atoms with Crippen molar-refractivity contribution < 1.29 is 9.90 Å². The highest BCUT2D eigenvalue weighted by atomic mass is 16.4. The Morgan fingerprint density at radius 3 is 2.94 bits per heavy atom. The molecule has 1 aromatic heterocycles. The van der Waals surface area contributed by atoms with Gasteiger partial charge in [0.2, 0.25) is 0 Å². The molecule has 6 nitrogen and oxygen atoms in total. The average molecular weight is 244 g/mol. The van der Waals surface area contributed by atoms with Gasteiger partial charge in [-0.05, 0) is 30.5 Å². The first-order valence-corrected chi connectivity index (χ1v) is 5.48. The predicted molar refractivity (Wildman–Crippen MR) is 63.9 cm³/mol. The maximum Gasteiger partial charge on any atom is 0.303 e. The second-order valence-electron chi connectivity index (χ2n) is 4.12. The summed E-state index contributed by atoms with van der Waals surface area (Å²) in [4.78, 5) is 10.6. The number of nitrogens with zero attached hydrogens (tertiary/aromatic N) is 4. The fourth-order valence-corrected chi connectivity index (χ4v) is 2.00. The molecule has 0 bridgehead atoms. The van der Waals surface area contributed by atoms with Crippen molar-refractivity contribution in [3.05, 3.63) is 22.8 Å². The van der Waals surface area contributed by atoms with Crippen LogP contribution in [0.15, 0.2) is 6.07 Å². The Morgan fingerprint density at radius 2 is 2.33 bits per heavy atom. The second kappa shape index (κ2) is 4.45. The van der Waals surface area contributed by atoms with Gasteiger partial charge < -0.3 is 5.11 Å². The van der Waals surface area contributed by atoms with E-state index in [9.17, 15) is 4.79 Å². The van der Waals surface area contributed by atoms with Gasteiger partial charge in [-0.15, -0.1) is 5.10 Å². The quantitative estimate of drug-likeness (QED) is 0.874. The normalized spacial score (nSPS) is 10.5. The molecule has 0 spiro atoms. The van der Waals surface area contributed by atoms with Gasteiger partial charge in [0.15, 0.2) is 0 Å². The Balaban J connectivity index is 2.60. The van der Waals surface area contributed by atoms with Crippen LogP contribution in [0.3, 0.4) is 0 Å². The van der Waals surface area contributed by atoms with Gasteiger partial charge in [0.05, 0.1) is 5.56 Å². The largest absolute Gasteiger partial charge is 0.481 e. The summed E-state index contributed by atoms with van der Waals surface area (Å²) in [6.45, 7) is 1.87. The third-order valence-electron chi connectivity index (χ3n) is 2.97.